The second kappa shape index (κ2) is 6.91. The molecule has 2 aromatic rings. The van der Waals surface area contributed by atoms with E-state index in [1.807, 2.05) is 39.0 Å². The summed E-state index contributed by atoms with van der Waals surface area (Å²) >= 11 is 0. The van der Waals surface area contributed by atoms with Crippen molar-refractivity contribution in [3.05, 3.63) is 52.8 Å². The zero-order chi connectivity index (χ0) is 17.1. The molecule has 0 fully saturated rings. The largest absolute Gasteiger partial charge is 0.494 e. The first kappa shape index (κ1) is 16.3. The number of nitrogens with one attached hydrogen (secondary N) is 1. The number of carbonyl (C=O) groups excluding carboxylic acids is 1. The number of benzene rings is 1. The van der Waals surface area contributed by atoms with E-state index in [0.29, 0.717) is 18.7 Å². The summed E-state index contributed by atoms with van der Waals surface area (Å²) in [5, 5.41) is 2.92. The number of hydrogen-bond acceptors (Lipinski definition) is 4. The van der Waals surface area contributed by atoms with Crippen LogP contribution in [0.5, 0.6) is 11.5 Å². The third-order valence-corrected chi connectivity index (χ3v) is 3.99. The third kappa shape index (κ3) is 3.50. The molecule has 2 heterocycles. The molecule has 0 bridgehead atoms. The summed E-state index contributed by atoms with van der Waals surface area (Å²) in [7, 11) is 0. The second-order valence-electron chi connectivity index (χ2n) is 6.00. The lowest BCUT2D eigenvalue weighted by Gasteiger charge is -2.13. The normalized spacial score (nSPS) is 15.5. The van der Waals surface area contributed by atoms with Gasteiger partial charge in [-0.2, -0.15) is 0 Å². The van der Waals surface area contributed by atoms with Crippen molar-refractivity contribution in [1.29, 1.82) is 0 Å². The van der Waals surface area contributed by atoms with Crippen LogP contribution < -0.4 is 14.8 Å². The van der Waals surface area contributed by atoms with Crippen molar-refractivity contribution in [2.75, 3.05) is 6.61 Å². The molecule has 1 amide bonds. The molecule has 0 aliphatic carbocycles. The topological polar surface area (TPSA) is 60.5 Å². The van der Waals surface area contributed by atoms with E-state index in [0.717, 1.165) is 34.7 Å². The van der Waals surface area contributed by atoms with Crippen molar-refractivity contribution in [2.24, 2.45) is 0 Å². The highest BCUT2D eigenvalue weighted by molar-refractivity contribution is 5.93. The number of ether oxygens (including phenoxy) is 2. The molecule has 1 atom stereocenters. The highest BCUT2D eigenvalue weighted by Crippen LogP contribution is 2.35. The van der Waals surface area contributed by atoms with E-state index in [2.05, 4.69) is 10.3 Å². The average molecular weight is 326 g/mol. The number of aromatic nitrogens is 1. The maximum atomic E-state index is 12.3. The Morgan fingerprint density at radius 2 is 2.25 bits per heavy atom. The highest BCUT2D eigenvalue weighted by atomic mass is 16.5. The molecule has 0 saturated heterocycles. The van der Waals surface area contributed by atoms with Gasteiger partial charge in [-0.15, -0.1) is 0 Å². The van der Waals surface area contributed by atoms with Gasteiger partial charge < -0.3 is 14.8 Å². The van der Waals surface area contributed by atoms with Crippen LogP contribution in [0.1, 0.15) is 41.0 Å². The zero-order valence-corrected chi connectivity index (χ0v) is 14.3. The molecule has 0 spiro atoms. The lowest BCUT2D eigenvalue weighted by Crippen LogP contribution is -2.23. The fraction of sp³-hybridized carbons (Fsp3) is 0.368. The zero-order valence-electron chi connectivity index (χ0n) is 14.3. The molecular weight excluding hydrogens is 304 g/mol. The number of pyridine rings is 1. The molecule has 0 saturated carbocycles. The molecule has 126 valence electrons. The summed E-state index contributed by atoms with van der Waals surface area (Å²) in [5.41, 5.74) is 3.50. The SMILES string of the molecule is CCOc1cc2c(cc1CNC(=O)c1ccc(C)nc1)O[C@@H](C)C2. The van der Waals surface area contributed by atoms with Gasteiger partial charge in [-0.05, 0) is 45.0 Å². The smallest absolute Gasteiger partial charge is 0.253 e. The Morgan fingerprint density at radius 1 is 1.42 bits per heavy atom. The van der Waals surface area contributed by atoms with Crippen molar-refractivity contribution in [2.45, 2.75) is 39.8 Å². The molecule has 24 heavy (non-hydrogen) atoms. The van der Waals surface area contributed by atoms with E-state index in [-0.39, 0.29) is 12.0 Å². The number of hydrogen-bond donors (Lipinski definition) is 1. The standard InChI is InChI=1S/C19H22N2O3/c1-4-23-17-8-15-7-13(3)24-18(15)9-16(17)11-21-19(22)14-6-5-12(2)20-10-14/h5-6,8-10,13H,4,7,11H2,1-3H3,(H,21,22)/t13-/m0/s1. The van der Waals surface area contributed by atoms with Gasteiger partial charge in [0.25, 0.3) is 5.91 Å². The number of fused-ring (bicyclic) bond motifs is 1. The lowest BCUT2D eigenvalue weighted by molar-refractivity contribution is 0.0950. The van der Waals surface area contributed by atoms with Crippen LogP contribution in [0.2, 0.25) is 0 Å². The van der Waals surface area contributed by atoms with Gasteiger partial charge in [-0.3, -0.25) is 9.78 Å². The monoisotopic (exact) mass is 326 g/mol. The number of amides is 1. The van der Waals surface area contributed by atoms with E-state index in [1.54, 1.807) is 12.3 Å². The van der Waals surface area contributed by atoms with Gasteiger partial charge >= 0.3 is 0 Å². The van der Waals surface area contributed by atoms with Crippen LogP contribution in [-0.4, -0.2) is 23.6 Å². The lowest BCUT2D eigenvalue weighted by atomic mass is 10.1. The van der Waals surface area contributed by atoms with Crippen molar-refractivity contribution in [3.8, 4) is 11.5 Å². The first-order chi connectivity index (χ1) is 11.6. The molecule has 0 unspecified atom stereocenters. The van der Waals surface area contributed by atoms with Gasteiger partial charge in [-0.25, -0.2) is 0 Å². The molecule has 5 nitrogen and oxygen atoms in total. The van der Waals surface area contributed by atoms with Crippen molar-refractivity contribution in [1.82, 2.24) is 10.3 Å². The first-order valence-corrected chi connectivity index (χ1v) is 8.23. The molecule has 1 aromatic carbocycles. The highest BCUT2D eigenvalue weighted by Gasteiger charge is 2.22. The van der Waals surface area contributed by atoms with Gasteiger partial charge in [-0.1, -0.05) is 0 Å². The number of carbonyl (C=O) groups is 1. The Kier molecular flexibility index (Phi) is 4.69. The van der Waals surface area contributed by atoms with Crippen LogP contribution in [0.25, 0.3) is 0 Å². The fourth-order valence-corrected chi connectivity index (χ4v) is 2.79. The average Bonchev–Trinajstić information content (AvgIpc) is 2.92. The Balaban J connectivity index is 1.75. The van der Waals surface area contributed by atoms with Gasteiger partial charge in [0.05, 0.1) is 12.2 Å². The predicted octanol–water partition coefficient (Wildman–Crippen LogP) is 3.04. The molecule has 1 N–H and O–H groups in total. The molecule has 1 aliphatic heterocycles. The summed E-state index contributed by atoms with van der Waals surface area (Å²) in [6.07, 6.45) is 2.65. The minimum atomic E-state index is -0.153. The van der Waals surface area contributed by atoms with Crippen LogP contribution in [-0.2, 0) is 13.0 Å². The van der Waals surface area contributed by atoms with Gasteiger partial charge in [0, 0.05) is 36.0 Å². The van der Waals surface area contributed by atoms with E-state index in [4.69, 9.17) is 9.47 Å². The first-order valence-electron chi connectivity index (χ1n) is 8.23. The summed E-state index contributed by atoms with van der Waals surface area (Å²) < 4.78 is 11.5. The minimum Gasteiger partial charge on any atom is -0.494 e. The molecule has 1 aliphatic rings. The quantitative estimate of drug-likeness (QED) is 0.917. The number of nitrogens with zero attached hydrogens (tertiary/aromatic N) is 1. The molecule has 3 rings (SSSR count). The van der Waals surface area contributed by atoms with Gasteiger partial charge in [0.2, 0.25) is 0 Å². The van der Waals surface area contributed by atoms with Crippen LogP contribution in [0.4, 0.5) is 0 Å². The molecule has 0 radical (unpaired) electrons. The van der Waals surface area contributed by atoms with Gasteiger partial charge in [0.1, 0.15) is 17.6 Å². The van der Waals surface area contributed by atoms with Crippen molar-refractivity contribution < 1.29 is 14.3 Å². The summed E-state index contributed by atoms with van der Waals surface area (Å²) in [4.78, 5) is 16.4. The van der Waals surface area contributed by atoms with Gasteiger partial charge in [0.15, 0.2) is 0 Å². The van der Waals surface area contributed by atoms with Crippen LogP contribution in [0.15, 0.2) is 30.5 Å². The van der Waals surface area contributed by atoms with E-state index in [1.165, 1.54) is 0 Å². The van der Waals surface area contributed by atoms with Crippen molar-refractivity contribution >= 4 is 5.91 Å². The fourth-order valence-electron chi connectivity index (χ4n) is 2.79. The maximum absolute atomic E-state index is 12.3. The Morgan fingerprint density at radius 3 is 2.96 bits per heavy atom. The maximum Gasteiger partial charge on any atom is 0.253 e. The van der Waals surface area contributed by atoms with Crippen LogP contribution in [0.3, 0.4) is 0 Å². The van der Waals surface area contributed by atoms with E-state index < -0.39 is 0 Å². The summed E-state index contributed by atoms with van der Waals surface area (Å²) in [5.74, 6) is 1.53. The van der Waals surface area contributed by atoms with E-state index in [9.17, 15) is 4.79 Å². The number of rotatable bonds is 5. The minimum absolute atomic E-state index is 0.153. The molecule has 5 heteroatoms. The van der Waals surface area contributed by atoms with E-state index >= 15 is 0 Å². The summed E-state index contributed by atoms with van der Waals surface area (Å²) in [6.45, 7) is 6.85. The number of aryl methyl sites for hydroxylation is 1. The Bertz CT molecular complexity index is 741. The Labute approximate surface area is 142 Å². The second-order valence-corrected chi connectivity index (χ2v) is 6.00. The van der Waals surface area contributed by atoms with Crippen LogP contribution in [0, 0.1) is 6.92 Å². The van der Waals surface area contributed by atoms with Crippen LogP contribution >= 0.6 is 0 Å². The van der Waals surface area contributed by atoms with Crippen molar-refractivity contribution in [3.63, 3.8) is 0 Å². The Hall–Kier alpha value is -2.56. The molecule has 1 aromatic heterocycles. The third-order valence-electron chi connectivity index (χ3n) is 3.99. The summed E-state index contributed by atoms with van der Waals surface area (Å²) in [6, 6.07) is 7.59. The molecular formula is C19H22N2O3. The predicted molar refractivity (Wildman–Crippen MR) is 91.5 cm³/mol.